The largest absolute Gasteiger partial charge is 0.321 e. The predicted octanol–water partition coefficient (Wildman–Crippen LogP) is 3.56. The number of rotatable bonds is 6. The van der Waals surface area contributed by atoms with E-state index < -0.39 is 10.0 Å². The van der Waals surface area contributed by atoms with Crippen molar-refractivity contribution < 1.29 is 13.2 Å². The second-order valence-electron chi connectivity index (χ2n) is 5.65. The average molecular weight is 366 g/mol. The molecule has 3 rings (SSSR count). The predicted molar refractivity (Wildman–Crippen MR) is 104 cm³/mol. The van der Waals surface area contributed by atoms with Gasteiger partial charge in [-0.15, -0.1) is 6.58 Å². The minimum atomic E-state index is -3.61. The minimum absolute atomic E-state index is 0.0982. The lowest BCUT2D eigenvalue weighted by molar-refractivity contribution is 0.102. The van der Waals surface area contributed by atoms with Crippen LogP contribution in [-0.4, -0.2) is 20.9 Å². The molecular formula is C20H18N2O3S. The Bertz CT molecular complexity index is 1050. The summed E-state index contributed by atoms with van der Waals surface area (Å²) in [4.78, 5) is 12.6. The zero-order valence-corrected chi connectivity index (χ0v) is 14.8. The molecule has 0 unspecified atom stereocenters. The summed E-state index contributed by atoms with van der Waals surface area (Å²) in [7, 11) is -3.61. The molecule has 0 aliphatic carbocycles. The van der Waals surface area contributed by atoms with Crippen molar-refractivity contribution in [2.45, 2.75) is 4.90 Å². The molecule has 3 aromatic carbocycles. The number of nitrogens with one attached hydrogen (secondary N) is 2. The Labute approximate surface area is 152 Å². The Balaban J connectivity index is 1.81. The fraction of sp³-hybridized carbons (Fsp3) is 0.0500. The monoisotopic (exact) mass is 366 g/mol. The molecule has 0 fully saturated rings. The maximum atomic E-state index is 12.5. The van der Waals surface area contributed by atoms with Crippen LogP contribution < -0.4 is 10.0 Å². The number of benzene rings is 3. The number of amides is 1. The van der Waals surface area contributed by atoms with E-state index in [0.717, 1.165) is 10.8 Å². The van der Waals surface area contributed by atoms with Crippen LogP contribution >= 0.6 is 0 Å². The van der Waals surface area contributed by atoms with Crippen molar-refractivity contribution in [3.05, 3.63) is 84.9 Å². The van der Waals surface area contributed by atoms with Gasteiger partial charge in [0.2, 0.25) is 10.0 Å². The van der Waals surface area contributed by atoms with Crippen molar-refractivity contribution in [3.8, 4) is 0 Å². The van der Waals surface area contributed by atoms with Crippen LogP contribution in [0.3, 0.4) is 0 Å². The number of carbonyl (C=O) groups is 1. The van der Waals surface area contributed by atoms with E-state index in [1.807, 2.05) is 42.5 Å². The molecule has 0 heterocycles. The summed E-state index contributed by atoms with van der Waals surface area (Å²) in [5.41, 5.74) is 1.08. The van der Waals surface area contributed by atoms with Gasteiger partial charge in [-0.05, 0) is 35.7 Å². The maximum absolute atomic E-state index is 12.5. The van der Waals surface area contributed by atoms with E-state index in [9.17, 15) is 13.2 Å². The Kier molecular flexibility index (Phi) is 5.16. The fourth-order valence-corrected chi connectivity index (χ4v) is 3.56. The lowest BCUT2D eigenvalue weighted by Crippen LogP contribution is -2.23. The summed E-state index contributed by atoms with van der Waals surface area (Å²) in [5.74, 6) is -0.302. The molecule has 1 amide bonds. The summed E-state index contributed by atoms with van der Waals surface area (Å²) in [6.07, 6.45) is 1.46. The van der Waals surface area contributed by atoms with Crippen molar-refractivity contribution in [2.24, 2.45) is 0 Å². The molecule has 0 aliphatic rings. The van der Waals surface area contributed by atoms with Gasteiger partial charge in [0, 0.05) is 23.2 Å². The number of carbonyl (C=O) groups excluding carboxylic acids is 1. The summed E-state index contributed by atoms with van der Waals surface area (Å²) in [6.45, 7) is 3.62. The second kappa shape index (κ2) is 7.51. The first kappa shape index (κ1) is 17.8. The van der Waals surface area contributed by atoms with E-state index in [2.05, 4.69) is 16.6 Å². The molecule has 0 saturated carbocycles. The van der Waals surface area contributed by atoms with Crippen molar-refractivity contribution in [1.82, 2.24) is 4.72 Å². The van der Waals surface area contributed by atoms with Gasteiger partial charge < -0.3 is 5.32 Å². The molecule has 0 atom stereocenters. The van der Waals surface area contributed by atoms with Gasteiger partial charge in [-0.3, -0.25) is 4.79 Å². The third kappa shape index (κ3) is 3.82. The van der Waals surface area contributed by atoms with Crippen LogP contribution in [0.25, 0.3) is 10.8 Å². The standard InChI is InChI=1S/C20H18N2O3S/c1-2-14-21-26(24,25)17-12-10-16(11-13-17)20(23)22-19-9-5-7-15-6-3-4-8-18(15)19/h2-13,21H,1,14H2,(H,22,23). The average Bonchev–Trinajstić information content (AvgIpc) is 2.67. The summed E-state index contributed by atoms with van der Waals surface area (Å²) >= 11 is 0. The quantitative estimate of drug-likeness (QED) is 0.655. The Morgan fingerprint density at radius 2 is 1.65 bits per heavy atom. The highest BCUT2D eigenvalue weighted by molar-refractivity contribution is 7.89. The van der Waals surface area contributed by atoms with E-state index in [1.165, 1.54) is 30.3 Å². The molecule has 0 bridgehead atoms. The van der Waals surface area contributed by atoms with Gasteiger partial charge in [0.05, 0.1) is 4.90 Å². The highest BCUT2D eigenvalue weighted by atomic mass is 32.2. The minimum Gasteiger partial charge on any atom is -0.321 e. The Morgan fingerprint density at radius 3 is 2.38 bits per heavy atom. The van der Waals surface area contributed by atoms with Gasteiger partial charge in [0.1, 0.15) is 0 Å². The van der Waals surface area contributed by atoms with Gasteiger partial charge in [0.25, 0.3) is 5.91 Å². The van der Waals surface area contributed by atoms with E-state index in [1.54, 1.807) is 0 Å². The van der Waals surface area contributed by atoms with Crippen molar-refractivity contribution in [2.75, 3.05) is 11.9 Å². The van der Waals surface area contributed by atoms with E-state index >= 15 is 0 Å². The van der Waals surface area contributed by atoms with Crippen LogP contribution in [0.4, 0.5) is 5.69 Å². The maximum Gasteiger partial charge on any atom is 0.255 e. The van der Waals surface area contributed by atoms with Crippen LogP contribution in [0.1, 0.15) is 10.4 Å². The Hall–Kier alpha value is -2.96. The van der Waals surface area contributed by atoms with Crippen LogP contribution in [0, 0.1) is 0 Å². The number of hydrogen-bond acceptors (Lipinski definition) is 3. The van der Waals surface area contributed by atoms with Gasteiger partial charge in [0.15, 0.2) is 0 Å². The lowest BCUT2D eigenvalue weighted by atomic mass is 10.1. The SMILES string of the molecule is C=CCNS(=O)(=O)c1ccc(C(=O)Nc2cccc3ccccc23)cc1. The fourth-order valence-electron chi connectivity index (χ4n) is 2.57. The summed E-state index contributed by atoms with van der Waals surface area (Å²) in [5, 5.41) is 4.85. The molecule has 6 heteroatoms. The lowest BCUT2D eigenvalue weighted by Gasteiger charge is -2.09. The number of fused-ring (bicyclic) bond motifs is 1. The number of sulfonamides is 1. The van der Waals surface area contributed by atoms with Crippen molar-refractivity contribution in [1.29, 1.82) is 0 Å². The topological polar surface area (TPSA) is 75.3 Å². The first-order valence-electron chi connectivity index (χ1n) is 8.01. The van der Waals surface area contributed by atoms with E-state index in [0.29, 0.717) is 11.3 Å². The van der Waals surface area contributed by atoms with E-state index in [4.69, 9.17) is 0 Å². The van der Waals surface area contributed by atoms with Crippen LogP contribution in [0.15, 0.2) is 84.3 Å². The normalized spacial score (nSPS) is 11.2. The van der Waals surface area contributed by atoms with Gasteiger partial charge >= 0.3 is 0 Å². The molecule has 0 aromatic heterocycles. The van der Waals surface area contributed by atoms with Crippen molar-refractivity contribution in [3.63, 3.8) is 0 Å². The van der Waals surface area contributed by atoms with Gasteiger partial charge in [-0.25, -0.2) is 13.1 Å². The second-order valence-corrected chi connectivity index (χ2v) is 7.41. The molecule has 26 heavy (non-hydrogen) atoms. The van der Waals surface area contributed by atoms with Crippen LogP contribution in [0.5, 0.6) is 0 Å². The molecular weight excluding hydrogens is 348 g/mol. The van der Waals surface area contributed by atoms with E-state index in [-0.39, 0.29) is 17.3 Å². The van der Waals surface area contributed by atoms with Gasteiger partial charge in [-0.2, -0.15) is 0 Å². The Morgan fingerprint density at radius 1 is 0.962 bits per heavy atom. The molecule has 5 nitrogen and oxygen atoms in total. The highest BCUT2D eigenvalue weighted by Gasteiger charge is 2.14. The van der Waals surface area contributed by atoms with Crippen LogP contribution in [0.2, 0.25) is 0 Å². The molecule has 0 spiro atoms. The third-order valence-electron chi connectivity index (χ3n) is 3.88. The number of hydrogen-bond donors (Lipinski definition) is 2. The molecule has 3 aromatic rings. The van der Waals surface area contributed by atoms with Crippen molar-refractivity contribution >= 4 is 32.4 Å². The van der Waals surface area contributed by atoms with Crippen LogP contribution in [-0.2, 0) is 10.0 Å². The first-order valence-corrected chi connectivity index (χ1v) is 9.49. The molecule has 0 aliphatic heterocycles. The molecule has 0 saturated heterocycles. The molecule has 132 valence electrons. The highest BCUT2D eigenvalue weighted by Crippen LogP contribution is 2.23. The van der Waals surface area contributed by atoms with Gasteiger partial charge in [-0.1, -0.05) is 42.5 Å². The number of anilines is 1. The summed E-state index contributed by atoms with van der Waals surface area (Å²) < 4.78 is 26.5. The summed E-state index contributed by atoms with van der Waals surface area (Å²) in [6, 6.07) is 19.2. The molecule has 2 N–H and O–H groups in total. The molecule has 0 radical (unpaired) electrons. The third-order valence-corrected chi connectivity index (χ3v) is 5.32. The smallest absolute Gasteiger partial charge is 0.255 e. The zero-order chi connectivity index (χ0) is 18.6. The first-order chi connectivity index (χ1) is 12.5. The zero-order valence-electron chi connectivity index (χ0n) is 14.0.